The number of carbonyl (C=O) groups is 1. The van der Waals surface area contributed by atoms with Crippen LogP contribution >= 0.6 is 0 Å². The number of benzene rings is 2. The smallest absolute Gasteiger partial charge is 0.267 e. The molecule has 0 aliphatic rings. The SMILES string of the molecule is C/C(=N\NC(=O)c1ccc(-n2cnnn2)cc1)c1ccc(S(N)(=O)=O)cc1. The van der Waals surface area contributed by atoms with E-state index in [-0.39, 0.29) is 4.90 Å². The van der Waals surface area contributed by atoms with Crippen molar-refractivity contribution in [3.8, 4) is 5.69 Å². The van der Waals surface area contributed by atoms with Gasteiger partial charge in [-0.2, -0.15) is 5.10 Å². The van der Waals surface area contributed by atoms with Crippen LogP contribution < -0.4 is 10.6 Å². The van der Waals surface area contributed by atoms with Crippen LogP contribution in [0.5, 0.6) is 0 Å². The first-order valence-electron chi connectivity index (χ1n) is 7.66. The molecule has 0 unspecified atom stereocenters. The van der Waals surface area contributed by atoms with Crippen LogP contribution in [0.4, 0.5) is 0 Å². The molecule has 10 nitrogen and oxygen atoms in total. The Morgan fingerprint density at radius 1 is 1.07 bits per heavy atom. The summed E-state index contributed by atoms with van der Waals surface area (Å²) in [7, 11) is -3.75. The number of primary sulfonamides is 1. The van der Waals surface area contributed by atoms with Crippen LogP contribution in [0.25, 0.3) is 5.69 Å². The van der Waals surface area contributed by atoms with Gasteiger partial charge in [-0.1, -0.05) is 12.1 Å². The van der Waals surface area contributed by atoms with Gasteiger partial charge in [-0.3, -0.25) is 4.79 Å². The molecular formula is C16H15N7O3S. The number of nitrogens with zero attached hydrogens (tertiary/aromatic N) is 5. The van der Waals surface area contributed by atoms with Crippen molar-refractivity contribution < 1.29 is 13.2 Å². The maximum Gasteiger partial charge on any atom is 0.271 e. The predicted octanol–water partition coefficient (Wildman–Crippen LogP) is 0.464. The lowest BCUT2D eigenvalue weighted by Gasteiger charge is -2.05. The number of hydrogen-bond donors (Lipinski definition) is 2. The van der Waals surface area contributed by atoms with Gasteiger partial charge in [-0.15, -0.1) is 5.10 Å². The van der Waals surface area contributed by atoms with Crippen molar-refractivity contribution in [3.05, 3.63) is 66.0 Å². The normalized spacial score (nSPS) is 12.0. The highest BCUT2D eigenvalue weighted by molar-refractivity contribution is 7.89. The number of rotatable bonds is 5. The number of nitrogens with two attached hydrogens (primary N) is 1. The summed E-state index contributed by atoms with van der Waals surface area (Å²) in [5.41, 5.74) is 4.74. The van der Waals surface area contributed by atoms with E-state index < -0.39 is 15.9 Å². The molecule has 0 saturated heterocycles. The first-order chi connectivity index (χ1) is 12.8. The van der Waals surface area contributed by atoms with Crippen molar-refractivity contribution in [1.82, 2.24) is 25.6 Å². The summed E-state index contributed by atoms with van der Waals surface area (Å²) in [5.74, 6) is -0.390. The van der Waals surface area contributed by atoms with Gasteiger partial charge in [0.15, 0.2) is 0 Å². The fourth-order valence-electron chi connectivity index (χ4n) is 2.19. The van der Waals surface area contributed by atoms with E-state index in [2.05, 4.69) is 26.1 Å². The van der Waals surface area contributed by atoms with E-state index >= 15 is 0 Å². The first-order valence-corrected chi connectivity index (χ1v) is 9.20. The summed E-state index contributed by atoms with van der Waals surface area (Å²) in [6.07, 6.45) is 1.45. The highest BCUT2D eigenvalue weighted by Crippen LogP contribution is 2.10. The van der Waals surface area contributed by atoms with Crippen LogP contribution in [0.1, 0.15) is 22.8 Å². The summed E-state index contributed by atoms with van der Waals surface area (Å²) in [6.45, 7) is 1.69. The molecule has 11 heteroatoms. The quantitative estimate of drug-likeness (QED) is 0.482. The van der Waals surface area contributed by atoms with Crippen LogP contribution in [0.3, 0.4) is 0 Å². The van der Waals surface area contributed by atoms with Gasteiger partial charge in [-0.25, -0.2) is 23.7 Å². The van der Waals surface area contributed by atoms with E-state index in [9.17, 15) is 13.2 Å². The second-order valence-corrected chi connectivity index (χ2v) is 7.07. The minimum atomic E-state index is -3.75. The lowest BCUT2D eigenvalue weighted by Crippen LogP contribution is -2.19. The second-order valence-electron chi connectivity index (χ2n) is 5.51. The minimum absolute atomic E-state index is 0.00533. The van der Waals surface area contributed by atoms with E-state index in [1.807, 2.05) is 0 Å². The zero-order valence-corrected chi connectivity index (χ0v) is 15.0. The zero-order chi connectivity index (χ0) is 19.4. The summed E-state index contributed by atoms with van der Waals surface area (Å²) in [6, 6.07) is 12.5. The minimum Gasteiger partial charge on any atom is -0.267 e. The average Bonchev–Trinajstić information content (AvgIpc) is 3.20. The molecule has 1 aromatic heterocycles. The van der Waals surface area contributed by atoms with E-state index in [0.29, 0.717) is 22.5 Å². The van der Waals surface area contributed by atoms with Gasteiger partial charge < -0.3 is 0 Å². The van der Waals surface area contributed by atoms with Crippen molar-refractivity contribution in [2.24, 2.45) is 10.2 Å². The maximum atomic E-state index is 12.2. The molecule has 1 heterocycles. The van der Waals surface area contributed by atoms with Gasteiger partial charge in [0.05, 0.1) is 16.3 Å². The highest BCUT2D eigenvalue weighted by atomic mass is 32.2. The van der Waals surface area contributed by atoms with E-state index in [0.717, 1.165) is 0 Å². The molecule has 0 spiro atoms. The Labute approximate surface area is 154 Å². The Balaban J connectivity index is 1.68. The second kappa shape index (κ2) is 7.43. The van der Waals surface area contributed by atoms with Gasteiger partial charge in [-0.05, 0) is 59.3 Å². The Morgan fingerprint density at radius 3 is 2.26 bits per heavy atom. The zero-order valence-electron chi connectivity index (χ0n) is 14.1. The molecule has 0 bridgehead atoms. The Morgan fingerprint density at radius 2 is 1.70 bits per heavy atom. The number of amides is 1. The molecule has 1 amide bonds. The Hall–Kier alpha value is -3.44. The number of tetrazole rings is 1. The molecular weight excluding hydrogens is 370 g/mol. The van der Waals surface area contributed by atoms with E-state index in [1.54, 1.807) is 43.3 Å². The number of nitrogens with one attached hydrogen (secondary N) is 1. The molecule has 2 aromatic carbocycles. The summed E-state index contributed by atoms with van der Waals surface area (Å²) in [4.78, 5) is 12.2. The topological polar surface area (TPSA) is 145 Å². The van der Waals surface area contributed by atoms with E-state index in [1.165, 1.54) is 23.1 Å². The molecule has 3 N–H and O–H groups in total. The van der Waals surface area contributed by atoms with Crippen LogP contribution in [-0.2, 0) is 10.0 Å². The molecule has 0 atom stereocenters. The highest BCUT2D eigenvalue weighted by Gasteiger charge is 2.09. The number of hydrazone groups is 1. The molecule has 0 saturated carbocycles. The lowest BCUT2D eigenvalue weighted by atomic mass is 10.1. The molecule has 0 aliphatic heterocycles. The average molecular weight is 385 g/mol. The number of aromatic nitrogens is 4. The van der Waals surface area contributed by atoms with Gasteiger partial charge in [0.25, 0.3) is 5.91 Å². The molecule has 0 fully saturated rings. The summed E-state index contributed by atoms with van der Waals surface area (Å²) in [5, 5.41) is 20.0. The van der Waals surface area contributed by atoms with E-state index in [4.69, 9.17) is 5.14 Å². The Kier molecular flexibility index (Phi) is 5.05. The van der Waals surface area contributed by atoms with Gasteiger partial charge in [0.1, 0.15) is 6.33 Å². The maximum absolute atomic E-state index is 12.2. The van der Waals surface area contributed by atoms with Crippen LogP contribution in [0, 0.1) is 0 Å². The third-order valence-electron chi connectivity index (χ3n) is 3.67. The van der Waals surface area contributed by atoms with Crippen LogP contribution in [0.2, 0.25) is 0 Å². The summed E-state index contributed by atoms with van der Waals surface area (Å²) < 4.78 is 24.0. The molecule has 0 aliphatic carbocycles. The third kappa shape index (κ3) is 4.40. The summed E-state index contributed by atoms with van der Waals surface area (Å²) >= 11 is 0. The van der Waals surface area contributed by atoms with Gasteiger partial charge >= 0.3 is 0 Å². The molecule has 3 aromatic rings. The number of hydrogen-bond acceptors (Lipinski definition) is 7. The van der Waals surface area contributed by atoms with Crippen molar-refractivity contribution in [2.45, 2.75) is 11.8 Å². The predicted molar refractivity (Wildman–Crippen MR) is 96.6 cm³/mol. The number of sulfonamides is 1. The van der Waals surface area contributed by atoms with Crippen LogP contribution in [0.15, 0.2) is 64.9 Å². The molecule has 0 radical (unpaired) electrons. The number of carbonyl (C=O) groups excluding carboxylic acids is 1. The van der Waals surface area contributed by atoms with Gasteiger partial charge in [0, 0.05) is 5.56 Å². The van der Waals surface area contributed by atoms with Crippen molar-refractivity contribution in [3.63, 3.8) is 0 Å². The molecule has 138 valence electrons. The van der Waals surface area contributed by atoms with Crippen molar-refractivity contribution in [1.29, 1.82) is 0 Å². The fraction of sp³-hybridized carbons (Fsp3) is 0.0625. The van der Waals surface area contributed by atoms with Crippen molar-refractivity contribution in [2.75, 3.05) is 0 Å². The monoisotopic (exact) mass is 385 g/mol. The van der Waals surface area contributed by atoms with Crippen LogP contribution in [-0.4, -0.2) is 40.2 Å². The third-order valence-corrected chi connectivity index (χ3v) is 4.60. The fourth-order valence-corrected chi connectivity index (χ4v) is 2.71. The largest absolute Gasteiger partial charge is 0.271 e. The molecule has 27 heavy (non-hydrogen) atoms. The van der Waals surface area contributed by atoms with Gasteiger partial charge in [0.2, 0.25) is 10.0 Å². The standard InChI is InChI=1S/C16H15N7O3S/c1-11(12-4-8-15(9-5-12)27(17,25)26)19-20-16(24)13-2-6-14(7-3-13)23-10-18-21-22-23/h2-10H,1H3,(H,20,24)(H2,17,25,26)/b19-11+. The van der Waals surface area contributed by atoms with Crippen molar-refractivity contribution >= 4 is 21.6 Å². The first kappa shape index (κ1) is 18.4. The Bertz CT molecular complexity index is 1070. The molecule has 3 rings (SSSR count). The lowest BCUT2D eigenvalue weighted by molar-refractivity contribution is 0.0955.